The molecule has 0 radical (unpaired) electrons. The summed E-state index contributed by atoms with van der Waals surface area (Å²) in [5.74, 6) is -2.01. The van der Waals surface area contributed by atoms with Crippen LogP contribution in [-0.4, -0.2) is 151 Å². The second-order valence-electron chi connectivity index (χ2n) is 28.5. The monoisotopic (exact) mass is 1840 g/mol. The van der Waals surface area contributed by atoms with Gasteiger partial charge in [-0.3, -0.25) is 14.5 Å². The highest BCUT2D eigenvalue weighted by Gasteiger charge is 2.24. The molecular weight excluding hydrogens is 1730 g/mol. The Balaban J connectivity index is 0.000000288. The molecule has 708 valence electrons. The summed E-state index contributed by atoms with van der Waals surface area (Å²) in [5, 5.41) is 0. The zero-order valence-electron chi connectivity index (χ0n) is 74.5. The Hall–Kier alpha value is -17.4. The first kappa shape index (κ1) is 107. The zero-order valence-corrected chi connectivity index (χ0v) is 74.5. The van der Waals surface area contributed by atoms with Gasteiger partial charge in [0.1, 0.15) is 56.0 Å². The molecule has 0 spiro atoms. The fourth-order valence-electron chi connectivity index (χ4n) is 10.9. The second kappa shape index (κ2) is 56.7. The van der Waals surface area contributed by atoms with E-state index in [0.717, 1.165) is 59.4 Å². The maximum absolute atomic E-state index is 12.1. The molecule has 0 aliphatic carbocycles. The average Bonchev–Trinajstić information content (AvgIpc) is 1.78. The van der Waals surface area contributed by atoms with Crippen LogP contribution < -0.4 is 97.2 Å². The minimum Gasteiger partial charge on any atom is -0.493 e. The highest BCUT2D eigenvalue weighted by Crippen LogP contribution is 2.31. The van der Waals surface area contributed by atoms with Crippen molar-refractivity contribution in [3.63, 3.8) is 0 Å². The molecule has 37 nitrogen and oxygen atoms in total. The summed E-state index contributed by atoms with van der Waals surface area (Å²) in [5.41, 5.74) is 77.3. The topological polar surface area (TPSA) is 623 Å². The molecule has 0 saturated heterocycles. The van der Waals surface area contributed by atoms with Gasteiger partial charge >= 0.3 is 53.7 Å². The number of unbranched alkanes of at least 4 members (excludes halogenated alkanes) is 3. The number of nitrogens with zero attached hydrogens (tertiary/aromatic N) is 1. The van der Waals surface area contributed by atoms with Gasteiger partial charge in [-0.2, -0.15) is 0 Å². The van der Waals surface area contributed by atoms with Crippen molar-refractivity contribution in [1.82, 2.24) is 4.90 Å². The molecule has 1 aliphatic heterocycles. The number of carbonyl (C=O) groups is 11. The third kappa shape index (κ3) is 40.7. The van der Waals surface area contributed by atoms with Crippen LogP contribution >= 0.6 is 0 Å². The van der Waals surface area contributed by atoms with Crippen LogP contribution in [-0.2, 0) is 79.6 Å². The van der Waals surface area contributed by atoms with Crippen LogP contribution in [0.5, 0.6) is 34.5 Å². The number of rotatable bonds is 38. The Labute approximate surface area is 774 Å². The summed E-state index contributed by atoms with van der Waals surface area (Å²) in [6.07, 6.45) is 12.2. The van der Waals surface area contributed by atoms with Crippen LogP contribution in [0.4, 0.5) is 68.2 Å². The number of ether oxygens (including phenoxy) is 13. The molecule has 24 N–H and O–H groups in total. The fourth-order valence-corrected chi connectivity index (χ4v) is 10.9. The lowest BCUT2D eigenvalue weighted by molar-refractivity contribution is -0.140. The van der Waals surface area contributed by atoms with Gasteiger partial charge in [0.2, 0.25) is 0 Å². The Bertz CT molecular complexity index is 5570. The highest BCUT2D eigenvalue weighted by molar-refractivity contribution is 6.13. The number of methoxy groups -OCH3 is 2. The number of amides is 2. The maximum Gasteiger partial charge on any atom is 0.343 e. The SMILES string of the molecule is C=C(C)C(=O)OCCOC(=O)c1cc(N)cc(N)c1.C=C(C)C(=O)OCCc1ccc(OC(=O)c2cc(N)cc(N)c2)cc1.C=CC(=O)OCCOc1ccc(N)cc1N.C=CC(=O)OCCc1ccc(OC(=O)c2cc(N)cc(N)c2)cc1.COC(=O)/C=C/c1ccc(OCCCCCCOC(=O)c2cc(N)cc(N)c2)c(OC)c1.Nc1ccc(OCCN2C(=O)C=CC2=O)c(N)c1. The number of nitrogen functional groups attached to an aromatic ring is 12. The summed E-state index contributed by atoms with van der Waals surface area (Å²) >= 11 is 0. The van der Waals surface area contributed by atoms with Crippen LogP contribution in [0.3, 0.4) is 0 Å². The van der Waals surface area contributed by atoms with Crippen molar-refractivity contribution in [2.24, 2.45) is 0 Å². The fraction of sp³-hybridized carbons (Fsp3) is 0.206. The van der Waals surface area contributed by atoms with Crippen LogP contribution in [0.15, 0.2) is 244 Å². The van der Waals surface area contributed by atoms with Gasteiger partial charge in [0, 0.05) is 111 Å². The Kier molecular flexibility index (Phi) is 45.3. The van der Waals surface area contributed by atoms with E-state index in [1.807, 2.05) is 6.07 Å². The van der Waals surface area contributed by atoms with E-state index in [1.165, 1.54) is 74.7 Å². The maximum atomic E-state index is 12.1. The van der Waals surface area contributed by atoms with Crippen molar-refractivity contribution in [3.8, 4) is 34.5 Å². The predicted octanol–water partition coefficient (Wildman–Crippen LogP) is 11.2. The normalized spacial score (nSPS) is 10.7. The van der Waals surface area contributed by atoms with Crippen molar-refractivity contribution in [1.29, 1.82) is 0 Å². The van der Waals surface area contributed by atoms with E-state index >= 15 is 0 Å². The molecule has 9 aromatic rings. The number of anilines is 12. The molecule has 0 bridgehead atoms. The molecule has 0 unspecified atom stereocenters. The molecule has 10 rings (SSSR count). The summed E-state index contributed by atoms with van der Waals surface area (Å²) < 4.78 is 66.6. The molecule has 0 aromatic heterocycles. The van der Waals surface area contributed by atoms with E-state index < -0.39 is 53.7 Å². The van der Waals surface area contributed by atoms with Gasteiger partial charge in [-0.1, -0.05) is 56.6 Å². The first-order valence-electron chi connectivity index (χ1n) is 40.9. The van der Waals surface area contributed by atoms with Crippen LogP contribution in [0.2, 0.25) is 0 Å². The molecule has 37 heteroatoms. The third-order valence-electron chi connectivity index (χ3n) is 17.4. The lowest BCUT2D eigenvalue weighted by Crippen LogP contribution is -2.33. The molecule has 134 heavy (non-hydrogen) atoms. The second-order valence-corrected chi connectivity index (χ2v) is 28.5. The largest absolute Gasteiger partial charge is 0.493 e. The van der Waals surface area contributed by atoms with E-state index in [-0.39, 0.29) is 86.9 Å². The predicted molar refractivity (Wildman–Crippen MR) is 511 cm³/mol. The Morgan fingerprint density at radius 3 is 1.10 bits per heavy atom. The van der Waals surface area contributed by atoms with Crippen LogP contribution in [0.1, 0.15) is 97.7 Å². The van der Waals surface area contributed by atoms with Crippen molar-refractivity contribution < 1.29 is 114 Å². The average molecular weight is 1840 g/mol. The number of carbonyl (C=O) groups excluding carboxylic acids is 11. The Morgan fingerprint density at radius 2 is 0.701 bits per heavy atom. The quantitative estimate of drug-likeness (QED) is 0.00325. The van der Waals surface area contributed by atoms with Crippen LogP contribution in [0, 0.1) is 0 Å². The molecule has 2 amide bonds. The van der Waals surface area contributed by atoms with Gasteiger partial charge in [-0.25, -0.2) is 43.2 Å². The summed E-state index contributed by atoms with van der Waals surface area (Å²) in [7, 11) is 2.89. The molecule has 1 aliphatic rings. The number of benzene rings is 9. The molecule has 9 aromatic carbocycles. The van der Waals surface area contributed by atoms with Gasteiger partial charge in [0.05, 0.1) is 80.8 Å². The van der Waals surface area contributed by atoms with Gasteiger partial charge in [-0.15, -0.1) is 0 Å². The molecule has 0 saturated carbocycles. The Morgan fingerprint density at radius 1 is 0.343 bits per heavy atom. The van der Waals surface area contributed by atoms with Crippen molar-refractivity contribution >= 4 is 140 Å². The summed E-state index contributed by atoms with van der Waals surface area (Å²) in [6.45, 7) is 18.7. The van der Waals surface area contributed by atoms with Crippen LogP contribution in [0.25, 0.3) is 6.08 Å². The molecule has 0 atom stereocenters. The third-order valence-corrected chi connectivity index (χ3v) is 17.4. The number of hydrogen-bond donors (Lipinski definition) is 12. The lowest BCUT2D eigenvalue weighted by atomic mass is 10.1. The highest BCUT2D eigenvalue weighted by atomic mass is 16.6. The van der Waals surface area contributed by atoms with Gasteiger partial charge in [0.15, 0.2) is 11.5 Å². The number of esters is 9. The standard InChI is InChI=1S/C24H30N2O6.C19H20N2O4.C18H18N2O4.C13H16N2O4.C12H13N3O3.C11H14N2O3/c1-29-22-13-17(8-10-23(27)30-2)7-9-21(22)31-11-5-3-4-6-12-32-24(28)18-14-19(25)16-20(26)15-18;1-12(2)18(22)24-8-7-13-3-5-17(6-4-13)25-19(23)14-9-15(20)11-16(21)10-14;1-2-17(21)23-8-7-12-3-5-16(6-4-12)24-18(22)13-9-14(19)11-15(20)10-13;1-8(2)12(16)18-3-4-19-13(17)9-5-10(14)7-11(15)6-9;13-8-1-2-10(9(14)7-8)18-6-5-15-11(16)3-4-12(15)17;1-2-11(14)16-6-5-15-10-4-3-8(12)7-9(10)13/h7-10,13-16H,3-6,11-12,25-26H2,1-2H3;3-6,9-11H,1,7-8,20-21H2,2H3;2-6,9-11H,1,7-8,19-20H2;5-7H,1,3-4,14-15H2,2H3;1-4,7H,5-6,13-14H2;2-4,7H,1,5-6,12-13H2/b10-8+;;;;;. The zero-order chi connectivity index (χ0) is 98.8. The first-order valence-corrected chi connectivity index (χ1v) is 40.9. The van der Waals surface area contributed by atoms with Crippen molar-refractivity contribution in [2.45, 2.75) is 52.4 Å². The minimum absolute atomic E-state index is 0.0325. The molecule has 0 fully saturated rings. The smallest absolute Gasteiger partial charge is 0.343 e. The van der Waals surface area contributed by atoms with E-state index in [1.54, 1.807) is 148 Å². The lowest BCUT2D eigenvalue weighted by Gasteiger charge is -2.15. The number of hydrogen-bond acceptors (Lipinski definition) is 36. The van der Waals surface area contributed by atoms with Crippen molar-refractivity contribution in [3.05, 3.63) is 283 Å². The van der Waals surface area contributed by atoms with Crippen molar-refractivity contribution in [2.75, 3.05) is 149 Å². The minimum atomic E-state index is -0.578. The van der Waals surface area contributed by atoms with Gasteiger partial charge in [-0.05, 0) is 208 Å². The summed E-state index contributed by atoms with van der Waals surface area (Å²) in [4.78, 5) is 127. The number of imide groups is 1. The van der Waals surface area contributed by atoms with E-state index in [9.17, 15) is 52.7 Å². The van der Waals surface area contributed by atoms with Gasteiger partial charge in [0.25, 0.3) is 11.8 Å². The van der Waals surface area contributed by atoms with E-state index in [2.05, 4.69) is 31.1 Å². The van der Waals surface area contributed by atoms with Gasteiger partial charge < -0.3 is 130 Å². The van der Waals surface area contributed by atoms with E-state index in [4.69, 9.17) is 126 Å². The summed E-state index contributed by atoms with van der Waals surface area (Å²) in [6, 6.07) is 47.4. The molecule has 1 heterocycles. The molecular formula is C97H111N13O24. The van der Waals surface area contributed by atoms with E-state index in [0.29, 0.717) is 140 Å². The first-order chi connectivity index (χ1) is 63.8. The number of nitrogens with two attached hydrogens (primary N) is 12.